The Labute approximate surface area is 104 Å². The van der Waals surface area contributed by atoms with Crippen molar-refractivity contribution in [1.29, 1.82) is 0 Å². The Morgan fingerprint density at radius 3 is 2.65 bits per heavy atom. The molecular formula is C13H26N2O2. The predicted molar refractivity (Wildman–Crippen MR) is 68.7 cm³/mol. The number of hydrogen-bond donors (Lipinski definition) is 2. The van der Waals surface area contributed by atoms with Gasteiger partial charge in [-0.3, -0.25) is 4.79 Å². The normalized spacial score (nSPS) is 24.6. The lowest BCUT2D eigenvalue weighted by atomic mass is 9.86. The third-order valence-electron chi connectivity index (χ3n) is 3.33. The molecule has 0 atom stereocenters. The van der Waals surface area contributed by atoms with E-state index in [9.17, 15) is 4.79 Å². The first-order chi connectivity index (χ1) is 8.24. The standard InChI is InChI=1S/C13H26N2O2/c1-2-3-9-17-10-8-15-13(16)11-4-6-12(14)7-5-11/h11-12H,2-10,14H2,1H3,(H,15,16). The van der Waals surface area contributed by atoms with Gasteiger partial charge in [0.15, 0.2) is 0 Å². The molecule has 0 radical (unpaired) electrons. The van der Waals surface area contributed by atoms with Crippen molar-refractivity contribution in [2.75, 3.05) is 19.8 Å². The first kappa shape index (κ1) is 14.5. The van der Waals surface area contributed by atoms with Gasteiger partial charge in [0.25, 0.3) is 0 Å². The Bertz CT molecular complexity index is 213. The molecule has 4 nitrogen and oxygen atoms in total. The van der Waals surface area contributed by atoms with Crippen LogP contribution in [-0.4, -0.2) is 31.7 Å². The molecule has 0 unspecified atom stereocenters. The van der Waals surface area contributed by atoms with Crippen LogP contribution >= 0.6 is 0 Å². The zero-order valence-electron chi connectivity index (χ0n) is 10.9. The fourth-order valence-electron chi connectivity index (χ4n) is 2.12. The first-order valence-electron chi connectivity index (χ1n) is 6.85. The molecule has 0 heterocycles. The third-order valence-corrected chi connectivity index (χ3v) is 3.33. The molecule has 1 aliphatic rings. The van der Waals surface area contributed by atoms with Crippen molar-refractivity contribution in [2.24, 2.45) is 11.7 Å². The number of rotatable bonds is 7. The van der Waals surface area contributed by atoms with Crippen LogP contribution in [-0.2, 0) is 9.53 Å². The van der Waals surface area contributed by atoms with Crippen molar-refractivity contribution < 1.29 is 9.53 Å². The zero-order valence-corrected chi connectivity index (χ0v) is 10.9. The maximum Gasteiger partial charge on any atom is 0.223 e. The second kappa shape index (κ2) is 8.48. The van der Waals surface area contributed by atoms with Gasteiger partial charge in [-0.1, -0.05) is 13.3 Å². The van der Waals surface area contributed by atoms with E-state index in [1.165, 1.54) is 0 Å². The highest BCUT2D eigenvalue weighted by Gasteiger charge is 2.23. The molecule has 1 aliphatic carbocycles. The maximum absolute atomic E-state index is 11.8. The van der Waals surface area contributed by atoms with E-state index in [0.717, 1.165) is 45.1 Å². The van der Waals surface area contributed by atoms with Crippen LogP contribution in [0.4, 0.5) is 0 Å². The lowest BCUT2D eigenvalue weighted by molar-refractivity contribution is -0.126. The smallest absolute Gasteiger partial charge is 0.223 e. The van der Waals surface area contributed by atoms with Crippen LogP contribution in [0.1, 0.15) is 45.4 Å². The molecule has 0 aromatic carbocycles. The Hall–Kier alpha value is -0.610. The molecule has 0 aromatic rings. The molecule has 1 fully saturated rings. The largest absolute Gasteiger partial charge is 0.380 e. The van der Waals surface area contributed by atoms with Crippen LogP contribution in [0.15, 0.2) is 0 Å². The number of carbonyl (C=O) groups excluding carboxylic acids is 1. The van der Waals surface area contributed by atoms with E-state index in [1.54, 1.807) is 0 Å². The summed E-state index contributed by atoms with van der Waals surface area (Å²) < 4.78 is 5.39. The topological polar surface area (TPSA) is 64.3 Å². The highest BCUT2D eigenvalue weighted by molar-refractivity contribution is 5.78. The van der Waals surface area contributed by atoms with Gasteiger partial charge in [0.05, 0.1) is 6.61 Å². The van der Waals surface area contributed by atoms with E-state index in [4.69, 9.17) is 10.5 Å². The lowest BCUT2D eigenvalue weighted by Gasteiger charge is -2.25. The summed E-state index contributed by atoms with van der Waals surface area (Å²) in [5.74, 6) is 0.349. The van der Waals surface area contributed by atoms with Crippen LogP contribution < -0.4 is 11.1 Å². The van der Waals surface area contributed by atoms with E-state index in [2.05, 4.69) is 12.2 Å². The fourth-order valence-corrected chi connectivity index (χ4v) is 2.12. The number of unbranched alkanes of at least 4 members (excludes halogenated alkanes) is 1. The van der Waals surface area contributed by atoms with Gasteiger partial charge in [0.2, 0.25) is 5.91 Å². The summed E-state index contributed by atoms with van der Waals surface area (Å²) >= 11 is 0. The Kier molecular flexibility index (Phi) is 7.21. The third kappa shape index (κ3) is 6.03. The van der Waals surface area contributed by atoms with E-state index in [1.807, 2.05) is 0 Å². The van der Waals surface area contributed by atoms with E-state index in [0.29, 0.717) is 19.2 Å². The summed E-state index contributed by atoms with van der Waals surface area (Å²) in [6, 6.07) is 0.302. The maximum atomic E-state index is 11.8. The van der Waals surface area contributed by atoms with Crippen molar-refractivity contribution in [3.8, 4) is 0 Å². The highest BCUT2D eigenvalue weighted by Crippen LogP contribution is 2.22. The van der Waals surface area contributed by atoms with Gasteiger partial charge in [-0.15, -0.1) is 0 Å². The van der Waals surface area contributed by atoms with Gasteiger partial charge in [0.1, 0.15) is 0 Å². The zero-order chi connectivity index (χ0) is 12.5. The van der Waals surface area contributed by atoms with Gasteiger partial charge in [-0.25, -0.2) is 0 Å². The summed E-state index contributed by atoms with van der Waals surface area (Å²) in [6.07, 6.45) is 6.06. The number of hydrogen-bond acceptors (Lipinski definition) is 3. The average Bonchev–Trinajstić information content (AvgIpc) is 2.34. The summed E-state index contributed by atoms with van der Waals surface area (Å²) in [6.45, 7) is 4.19. The second-order valence-electron chi connectivity index (χ2n) is 4.87. The summed E-state index contributed by atoms with van der Waals surface area (Å²) in [4.78, 5) is 11.8. The van der Waals surface area contributed by atoms with E-state index >= 15 is 0 Å². The van der Waals surface area contributed by atoms with Crippen LogP contribution in [0, 0.1) is 5.92 Å². The number of nitrogens with two attached hydrogens (primary N) is 1. The molecule has 1 amide bonds. The van der Waals surface area contributed by atoms with Crippen LogP contribution in [0.2, 0.25) is 0 Å². The Morgan fingerprint density at radius 2 is 2.00 bits per heavy atom. The van der Waals surface area contributed by atoms with Crippen molar-refractivity contribution >= 4 is 5.91 Å². The second-order valence-corrected chi connectivity index (χ2v) is 4.87. The molecule has 1 saturated carbocycles. The van der Waals surface area contributed by atoms with Gasteiger partial charge >= 0.3 is 0 Å². The quantitative estimate of drug-likeness (QED) is 0.664. The van der Waals surface area contributed by atoms with Gasteiger partial charge < -0.3 is 15.8 Å². The van der Waals surface area contributed by atoms with E-state index < -0.39 is 0 Å². The summed E-state index contributed by atoms with van der Waals surface area (Å²) in [5.41, 5.74) is 5.81. The number of amides is 1. The van der Waals surface area contributed by atoms with Crippen LogP contribution in [0.25, 0.3) is 0 Å². The van der Waals surface area contributed by atoms with Crippen molar-refractivity contribution in [1.82, 2.24) is 5.32 Å². The molecule has 0 saturated heterocycles. The SMILES string of the molecule is CCCCOCCNC(=O)C1CCC(N)CC1. The van der Waals surface area contributed by atoms with Gasteiger partial charge in [-0.2, -0.15) is 0 Å². The monoisotopic (exact) mass is 242 g/mol. The molecule has 4 heteroatoms. The minimum atomic E-state index is 0.172. The van der Waals surface area contributed by atoms with Gasteiger partial charge in [-0.05, 0) is 32.1 Å². The fraction of sp³-hybridized carbons (Fsp3) is 0.923. The molecule has 3 N–H and O–H groups in total. The molecule has 0 aliphatic heterocycles. The van der Waals surface area contributed by atoms with E-state index in [-0.39, 0.29) is 11.8 Å². The predicted octanol–water partition coefficient (Wildman–Crippen LogP) is 1.44. The molecular weight excluding hydrogens is 216 g/mol. The molecule has 0 aromatic heterocycles. The molecule has 1 rings (SSSR count). The Morgan fingerprint density at radius 1 is 1.29 bits per heavy atom. The summed E-state index contributed by atoms with van der Waals surface area (Å²) in [5, 5.41) is 2.94. The van der Waals surface area contributed by atoms with Crippen molar-refractivity contribution in [2.45, 2.75) is 51.5 Å². The molecule has 17 heavy (non-hydrogen) atoms. The average molecular weight is 242 g/mol. The van der Waals surface area contributed by atoms with Gasteiger partial charge in [0, 0.05) is 25.1 Å². The minimum Gasteiger partial charge on any atom is -0.380 e. The first-order valence-corrected chi connectivity index (χ1v) is 6.85. The molecule has 0 bridgehead atoms. The lowest BCUT2D eigenvalue weighted by Crippen LogP contribution is -2.37. The van der Waals surface area contributed by atoms with Crippen molar-refractivity contribution in [3.05, 3.63) is 0 Å². The minimum absolute atomic E-state index is 0.172. The number of carbonyl (C=O) groups is 1. The van der Waals surface area contributed by atoms with Crippen LogP contribution in [0.3, 0.4) is 0 Å². The Balaban J connectivity index is 2.01. The number of ether oxygens (including phenoxy) is 1. The summed E-state index contributed by atoms with van der Waals surface area (Å²) in [7, 11) is 0. The number of nitrogens with one attached hydrogen (secondary N) is 1. The highest BCUT2D eigenvalue weighted by atomic mass is 16.5. The van der Waals surface area contributed by atoms with Crippen LogP contribution in [0.5, 0.6) is 0 Å². The molecule has 0 spiro atoms. The van der Waals surface area contributed by atoms with Crippen molar-refractivity contribution in [3.63, 3.8) is 0 Å². The molecule has 100 valence electrons.